The lowest BCUT2D eigenvalue weighted by molar-refractivity contribution is 0.0136. The van der Waals surface area contributed by atoms with Crippen molar-refractivity contribution in [3.63, 3.8) is 0 Å². The molecule has 1 unspecified atom stereocenters. The van der Waals surface area contributed by atoms with Crippen LogP contribution in [-0.2, 0) is 9.53 Å². The first kappa shape index (κ1) is 15.1. The second kappa shape index (κ2) is 5.25. The van der Waals surface area contributed by atoms with Crippen LogP contribution >= 0.6 is 0 Å². The van der Waals surface area contributed by atoms with Gasteiger partial charge in [-0.3, -0.25) is 0 Å². The van der Waals surface area contributed by atoms with Crippen molar-refractivity contribution < 1.29 is 14.3 Å². The minimum Gasteiger partial charge on any atom is -0.444 e. The van der Waals surface area contributed by atoms with Crippen molar-refractivity contribution in [1.82, 2.24) is 4.90 Å². The number of likely N-dealkylation sites (tertiary alicyclic amines) is 1. The summed E-state index contributed by atoms with van der Waals surface area (Å²) in [6, 6.07) is 0. The van der Waals surface area contributed by atoms with E-state index in [-0.39, 0.29) is 11.5 Å². The van der Waals surface area contributed by atoms with E-state index in [1.165, 1.54) is 0 Å². The van der Waals surface area contributed by atoms with Crippen molar-refractivity contribution in [3.8, 4) is 0 Å². The molecule has 4 nitrogen and oxygen atoms in total. The smallest absolute Gasteiger partial charge is 0.410 e. The van der Waals surface area contributed by atoms with E-state index in [2.05, 4.69) is 12.9 Å². The molecule has 1 atom stereocenters. The highest BCUT2D eigenvalue weighted by molar-refractivity contribution is 5.68. The third-order valence-corrected chi connectivity index (χ3v) is 4.43. The fourth-order valence-electron chi connectivity index (χ4n) is 3.53. The number of carbonyl (C=O) groups is 1. The van der Waals surface area contributed by atoms with Crippen LogP contribution in [0.2, 0.25) is 0 Å². The summed E-state index contributed by atoms with van der Waals surface area (Å²) in [4.78, 5) is 25.0. The topological polar surface area (TPSA) is 46.6 Å². The molecule has 1 saturated carbocycles. The monoisotopic (exact) mass is 279 g/mol. The Morgan fingerprint density at radius 2 is 1.95 bits per heavy atom. The maximum atomic E-state index is 12.1. The number of rotatable bonds is 0. The van der Waals surface area contributed by atoms with Crippen molar-refractivity contribution >= 4 is 12.0 Å². The molecule has 1 saturated heterocycles. The molecule has 20 heavy (non-hydrogen) atoms. The number of piperidine rings is 1. The zero-order valence-corrected chi connectivity index (χ0v) is 13.0. The van der Waals surface area contributed by atoms with E-state index in [0.717, 1.165) is 31.3 Å². The molecule has 0 N–H and O–H groups in total. The Balaban J connectivity index is 1.99. The van der Waals surface area contributed by atoms with Crippen LogP contribution in [0, 0.1) is 11.3 Å². The molecule has 0 aromatic heterocycles. The molecule has 1 heterocycles. The third-order valence-electron chi connectivity index (χ3n) is 4.43. The van der Waals surface area contributed by atoms with Crippen molar-refractivity contribution in [1.29, 1.82) is 0 Å². The molecule has 2 rings (SSSR count). The SMILES string of the molecule is CC1CC(=C=O)C2(CCN(C(=O)OC(C)(C)C)CC2)C1. The molecule has 112 valence electrons. The minimum absolute atomic E-state index is 0.000318. The largest absolute Gasteiger partial charge is 0.444 e. The van der Waals surface area contributed by atoms with Gasteiger partial charge < -0.3 is 9.64 Å². The first-order chi connectivity index (χ1) is 9.26. The van der Waals surface area contributed by atoms with Gasteiger partial charge in [0.2, 0.25) is 0 Å². The van der Waals surface area contributed by atoms with Gasteiger partial charge in [-0.05, 0) is 52.4 Å². The van der Waals surface area contributed by atoms with E-state index >= 15 is 0 Å². The zero-order valence-electron chi connectivity index (χ0n) is 13.0. The number of ether oxygens (including phenoxy) is 1. The maximum absolute atomic E-state index is 12.1. The molecule has 2 aliphatic rings. The van der Waals surface area contributed by atoms with Crippen LogP contribution in [0.15, 0.2) is 5.57 Å². The molecule has 1 amide bonds. The molecular weight excluding hydrogens is 254 g/mol. The van der Waals surface area contributed by atoms with Crippen LogP contribution < -0.4 is 0 Å². The fraction of sp³-hybridized carbons (Fsp3) is 0.812. The Labute approximate surface area is 121 Å². The van der Waals surface area contributed by atoms with Crippen LogP contribution in [0.5, 0.6) is 0 Å². The average Bonchev–Trinajstić information content (AvgIpc) is 2.64. The van der Waals surface area contributed by atoms with E-state index in [1.54, 1.807) is 4.90 Å². The number of carbonyl (C=O) groups excluding carboxylic acids is 2. The number of nitrogens with zero attached hydrogens (tertiary/aromatic N) is 1. The lowest BCUT2D eigenvalue weighted by atomic mass is 9.74. The Bertz CT molecular complexity index is 435. The summed E-state index contributed by atoms with van der Waals surface area (Å²) >= 11 is 0. The van der Waals surface area contributed by atoms with Gasteiger partial charge in [0.25, 0.3) is 0 Å². The Morgan fingerprint density at radius 1 is 1.35 bits per heavy atom. The van der Waals surface area contributed by atoms with Crippen LogP contribution in [0.25, 0.3) is 0 Å². The predicted molar refractivity (Wildman–Crippen MR) is 77.1 cm³/mol. The van der Waals surface area contributed by atoms with Gasteiger partial charge >= 0.3 is 6.09 Å². The van der Waals surface area contributed by atoms with Gasteiger partial charge in [-0.15, -0.1) is 0 Å². The summed E-state index contributed by atoms with van der Waals surface area (Å²) in [7, 11) is 0. The Kier molecular flexibility index (Phi) is 3.97. The van der Waals surface area contributed by atoms with Gasteiger partial charge in [0, 0.05) is 24.1 Å². The number of hydrogen-bond acceptors (Lipinski definition) is 3. The molecule has 1 spiro atoms. The lowest BCUT2D eigenvalue weighted by Crippen LogP contribution is -2.45. The van der Waals surface area contributed by atoms with Crippen LogP contribution in [0.1, 0.15) is 53.4 Å². The molecule has 1 aliphatic carbocycles. The summed E-state index contributed by atoms with van der Waals surface area (Å²) < 4.78 is 5.41. The highest BCUT2D eigenvalue weighted by atomic mass is 16.6. The molecule has 4 heteroatoms. The number of amides is 1. The Hall–Kier alpha value is -1.28. The van der Waals surface area contributed by atoms with E-state index in [1.807, 2.05) is 20.8 Å². The van der Waals surface area contributed by atoms with Gasteiger partial charge in [-0.2, -0.15) is 0 Å². The molecule has 0 bridgehead atoms. The maximum Gasteiger partial charge on any atom is 0.410 e. The van der Waals surface area contributed by atoms with E-state index < -0.39 is 5.60 Å². The summed E-state index contributed by atoms with van der Waals surface area (Å²) in [5, 5.41) is 0. The normalized spacial score (nSPS) is 25.7. The second-order valence-corrected chi connectivity index (χ2v) is 7.34. The molecule has 0 aromatic rings. The van der Waals surface area contributed by atoms with Gasteiger partial charge in [0.15, 0.2) is 0 Å². The Morgan fingerprint density at radius 3 is 2.45 bits per heavy atom. The highest BCUT2D eigenvalue weighted by Gasteiger charge is 2.45. The summed E-state index contributed by atoms with van der Waals surface area (Å²) in [6.07, 6.45) is 3.41. The van der Waals surface area contributed by atoms with E-state index in [0.29, 0.717) is 19.0 Å². The molecule has 2 fully saturated rings. The van der Waals surface area contributed by atoms with Crippen molar-refractivity contribution in [2.24, 2.45) is 11.3 Å². The van der Waals surface area contributed by atoms with Gasteiger partial charge in [0.1, 0.15) is 11.5 Å². The standard InChI is InChI=1S/C16H25NO3/c1-12-9-13(11-18)16(10-12)5-7-17(8-6-16)14(19)20-15(2,3)4/h12H,5-10H2,1-4H3. The molecule has 0 radical (unpaired) electrons. The predicted octanol–water partition coefficient (Wildman–Crippen LogP) is 3.19. The van der Waals surface area contributed by atoms with Crippen LogP contribution in [-0.4, -0.2) is 35.6 Å². The lowest BCUT2D eigenvalue weighted by Gasteiger charge is -2.39. The van der Waals surface area contributed by atoms with Gasteiger partial charge in [0.05, 0.1) is 0 Å². The molecular formula is C16H25NO3. The average molecular weight is 279 g/mol. The fourth-order valence-corrected chi connectivity index (χ4v) is 3.53. The van der Waals surface area contributed by atoms with E-state index in [4.69, 9.17) is 4.74 Å². The van der Waals surface area contributed by atoms with Gasteiger partial charge in [-0.25, -0.2) is 9.59 Å². The van der Waals surface area contributed by atoms with Crippen LogP contribution in [0.4, 0.5) is 4.79 Å². The van der Waals surface area contributed by atoms with Crippen molar-refractivity contribution in [2.45, 2.75) is 59.0 Å². The molecule has 0 aromatic carbocycles. The highest BCUT2D eigenvalue weighted by Crippen LogP contribution is 2.51. The first-order valence-electron chi connectivity index (χ1n) is 7.48. The molecule has 1 aliphatic heterocycles. The summed E-state index contributed by atoms with van der Waals surface area (Å²) in [6.45, 7) is 9.17. The summed E-state index contributed by atoms with van der Waals surface area (Å²) in [5.74, 6) is 2.72. The van der Waals surface area contributed by atoms with Crippen molar-refractivity contribution in [2.75, 3.05) is 13.1 Å². The summed E-state index contributed by atoms with van der Waals surface area (Å²) in [5.41, 5.74) is 0.482. The first-order valence-corrected chi connectivity index (χ1v) is 7.48. The quantitative estimate of drug-likeness (QED) is 0.640. The zero-order chi connectivity index (χ0) is 15.0. The van der Waals surface area contributed by atoms with Crippen molar-refractivity contribution in [3.05, 3.63) is 5.57 Å². The second-order valence-electron chi connectivity index (χ2n) is 7.34. The minimum atomic E-state index is -0.456. The number of hydrogen-bond donors (Lipinski definition) is 0. The van der Waals surface area contributed by atoms with Gasteiger partial charge in [-0.1, -0.05) is 6.92 Å². The number of allylic oxidation sites excluding steroid dienone is 1. The third kappa shape index (κ3) is 3.06. The van der Waals surface area contributed by atoms with Crippen LogP contribution in [0.3, 0.4) is 0 Å². The van der Waals surface area contributed by atoms with E-state index in [9.17, 15) is 9.59 Å².